The fraction of sp³-hybridized carbons (Fsp3) is 0.900. The van der Waals surface area contributed by atoms with Crippen LogP contribution in [-0.4, -0.2) is 32.2 Å². The number of carbonyl (C=O) groups is 1. The normalized spacial score (nSPS) is 12.8. The molecule has 0 heterocycles. The lowest BCUT2D eigenvalue weighted by Crippen LogP contribution is -2.41. The molecule has 0 spiro atoms. The highest BCUT2D eigenvalue weighted by molar-refractivity contribution is 5.75. The zero-order chi connectivity index (χ0) is 12.6. The lowest BCUT2D eigenvalue weighted by molar-refractivity contribution is -0.143. The first-order chi connectivity index (χ1) is 7.40. The van der Waals surface area contributed by atoms with Gasteiger partial charge in [0.2, 0.25) is 0 Å². The third-order valence-corrected chi connectivity index (χ3v) is 1.97. The van der Waals surface area contributed by atoms with Crippen LogP contribution in [0.25, 0.3) is 10.4 Å². The van der Waals surface area contributed by atoms with Crippen molar-refractivity contribution in [3.63, 3.8) is 0 Å². The van der Waals surface area contributed by atoms with Crippen LogP contribution in [0.4, 0.5) is 0 Å². The Morgan fingerprint density at radius 2 is 2.19 bits per heavy atom. The Bertz CT molecular complexity index is 266. The van der Waals surface area contributed by atoms with Crippen molar-refractivity contribution >= 4 is 5.97 Å². The molecule has 0 aliphatic heterocycles. The third kappa shape index (κ3) is 7.09. The number of nitrogens with one attached hydrogen (secondary N) is 1. The summed E-state index contributed by atoms with van der Waals surface area (Å²) in [5.74, 6) is -0.282. The van der Waals surface area contributed by atoms with Gasteiger partial charge in [0.15, 0.2) is 0 Å². The van der Waals surface area contributed by atoms with E-state index in [0.717, 1.165) is 0 Å². The van der Waals surface area contributed by atoms with Crippen LogP contribution in [0.5, 0.6) is 0 Å². The van der Waals surface area contributed by atoms with E-state index in [4.69, 9.17) is 10.3 Å². The molecule has 0 radical (unpaired) electrons. The van der Waals surface area contributed by atoms with Gasteiger partial charge in [0.05, 0.1) is 7.11 Å². The maximum Gasteiger partial charge on any atom is 0.322 e. The summed E-state index contributed by atoms with van der Waals surface area (Å²) in [5.41, 5.74) is 8.14. The van der Waals surface area contributed by atoms with E-state index in [9.17, 15) is 4.79 Å². The highest BCUT2D eigenvalue weighted by Gasteiger charge is 2.24. The van der Waals surface area contributed by atoms with Crippen molar-refractivity contribution < 1.29 is 9.53 Å². The molecule has 0 aliphatic rings. The van der Waals surface area contributed by atoms with Crippen LogP contribution in [0, 0.1) is 5.41 Å². The predicted octanol–water partition coefficient (Wildman–Crippen LogP) is 1.86. The third-order valence-electron chi connectivity index (χ3n) is 1.97. The molecule has 0 saturated heterocycles. The predicted molar refractivity (Wildman–Crippen MR) is 61.9 cm³/mol. The number of nitrogens with zero attached hydrogens (tertiary/aromatic N) is 3. The van der Waals surface area contributed by atoms with Crippen LogP contribution in [0.15, 0.2) is 5.11 Å². The number of rotatable bonds is 6. The van der Waals surface area contributed by atoms with Crippen LogP contribution in [0.3, 0.4) is 0 Å². The number of hydrogen-bond acceptors (Lipinski definition) is 4. The molecule has 1 unspecified atom stereocenters. The van der Waals surface area contributed by atoms with E-state index in [2.05, 4.69) is 36.1 Å². The Balaban J connectivity index is 4.21. The second kappa shape index (κ2) is 7.09. The number of methoxy groups -OCH3 is 1. The van der Waals surface area contributed by atoms with E-state index in [-0.39, 0.29) is 17.4 Å². The molecule has 0 aromatic heterocycles. The lowest BCUT2D eigenvalue weighted by atomic mass is 9.88. The van der Waals surface area contributed by atoms with Gasteiger partial charge in [0.1, 0.15) is 6.04 Å². The van der Waals surface area contributed by atoms with Crippen LogP contribution < -0.4 is 5.32 Å². The van der Waals surface area contributed by atoms with Crippen molar-refractivity contribution in [3.8, 4) is 0 Å². The summed E-state index contributed by atoms with van der Waals surface area (Å²) in [4.78, 5) is 14.1. The van der Waals surface area contributed by atoms with Gasteiger partial charge >= 0.3 is 5.97 Å². The minimum absolute atomic E-state index is 0.0321. The molecule has 0 aromatic carbocycles. The van der Waals surface area contributed by atoms with Gasteiger partial charge in [-0.15, -0.1) is 0 Å². The van der Waals surface area contributed by atoms with Gasteiger partial charge in [0, 0.05) is 18.0 Å². The van der Waals surface area contributed by atoms with Crippen LogP contribution in [0.2, 0.25) is 0 Å². The summed E-state index contributed by atoms with van der Waals surface area (Å²) in [7, 11) is 1.37. The van der Waals surface area contributed by atoms with Gasteiger partial charge < -0.3 is 10.1 Å². The summed E-state index contributed by atoms with van der Waals surface area (Å²) >= 11 is 0. The molecule has 0 fully saturated rings. The Hall–Kier alpha value is -1.26. The summed E-state index contributed by atoms with van der Waals surface area (Å²) in [6.07, 6.45) is 0.677. The molecule has 0 saturated carbocycles. The molecule has 0 aromatic rings. The largest absolute Gasteiger partial charge is 0.468 e. The van der Waals surface area contributed by atoms with Crippen LogP contribution >= 0.6 is 0 Å². The molecule has 0 amide bonds. The van der Waals surface area contributed by atoms with E-state index < -0.39 is 0 Å². The van der Waals surface area contributed by atoms with Crippen LogP contribution in [0.1, 0.15) is 27.2 Å². The fourth-order valence-corrected chi connectivity index (χ4v) is 1.33. The van der Waals surface area contributed by atoms with Gasteiger partial charge in [-0.3, -0.25) is 4.79 Å². The minimum atomic E-state index is -0.348. The minimum Gasteiger partial charge on any atom is -0.468 e. The topological polar surface area (TPSA) is 87.1 Å². The van der Waals surface area contributed by atoms with Gasteiger partial charge in [-0.05, 0) is 17.4 Å². The summed E-state index contributed by atoms with van der Waals surface area (Å²) in [5, 5.41) is 6.41. The first kappa shape index (κ1) is 14.7. The molecular weight excluding hydrogens is 208 g/mol. The molecule has 16 heavy (non-hydrogen) atoms. The second-order valence-electron chi connectivity index (χ2n) is 4.75. The van der Waals surface area contributed by atoms with E-state index >= 15 is 0 Å². The van der Waals surface area contributed by atoms with Crippen molar-refractivity contribution in [1.82, 2.24) is 5.32 Å². The second-order valence-corrected chi connectivity index (χ2v) is 4.75. The standard InChI is InChI=1S/C10H20N4O2/c1-10(2,3)7-8(9(15)16-4)12-5-6-13-14-11/h8,12H,5-7H2,1-4H3. The monoisotopic (exact) mass is 228 g/mol. The SMILES string of the molecule is COC(=O)C(CC(C)(C)C)NCCN=[N+]=[N-]. The molecule has 1 atom stereocenters. The van der Waals surface area contributed by atoms with E-state index in [1.54, 1.807) is 0 Å². The molecule has 6 nitrogen and oxygen atoms in total. The van der Waals surface area contributed by atoms with E-state index in [0.29, 0.717) is 19.5 Å². The van der Waals surface area contributed by atoms with Gasteiger partial charge in [0.25, 0.3) is 0 Å². The van der Waals surface area contributed by atoms with Crippen molar-refractivity contribution in [2.45, 2.75) is 33.2 Å². The van der Waals surface area contributed by atoms with Gasteiger partial charge in [-0.25, -0.2) is 0 Å². The molecule has 0 bridgehead atoms. The highest BCUT2D eigenvalue weighted by Crippen LogP contribution is 2.21. The van der Waals surface area contributed by atoms with E-state index in [1.807, 2.05) is 0 Å². The first-order valence-corrected chi connectivity index (χ1v) is 5.23. The number of ether oxygens (including phenoxy) is 1. The molecule has 1 N–H and O–H groups in total. The van der Waals surface area contributed by atoms with E-state index in [1.165, 1.54) is 7.11 Å². The quantitative estimate of drug-likeness (QED) is 0.247. The van der Waals surface area contributed by atoms with Crippen molar-refractivity contribution in [2.75, 3.05) is 20.2 Å². The van der Waals surface area contributed by atoms with Gasteiger partial charge in [-0.1, -0.05) is 25.9 Å². The number of carbonyl (C=O) groups excluding carboxylic acids is 1. The van der Waals surface area contributed by atoms with Crippen molar-refractivity contribution in [3.05, 3.63) is 10.4 Å². The number of azide groups is 1. The number of hydrogen-bond donors (Lipinski definition) is 1. The molecule has 0 aliphatic carbocycles. The number of esters is 1. The Morgan fingerprint density at radius 1 is 1.56 bits per heavy atom. The Kier molecular flexibility index (Phi) is 6.53. The lowest BCUT2D eigenvalue weighted by Gasteiger charge is -2.24. The summed E-state index contributed by atoms with van der Waals surface area (Å²) in [6, 6.07) is -0.348. The van der Waals surface area contributed by atoms with Crippen molar-refractivity contribution in [2.24, 2.45) is 10.5 Å². The Labute approximate surface area is 96.0 Å². The first-order valence-electron chi connectivity index (χ1n) is 5.23. The highest BCUT2D eigenvalue weighted by atomic mass is 16.5. The maximum atomic E-state index is 11.5. The smallest absolute Gasteiger partial charge is 0.322 e. The van der Waals surface area contributed by atoms with Crippen molar-refractivity contribution in [1.29, 1.82) is 0 Å². The molecule has 92 valence electrons. The summed E-state index contributed by atoms with van der Waals surface area (Å²) in [6.45, 7) is 6.96. The zero-order valence-corrected chi connectivity index (χ0v) is 10.4. The average molecular weight is 228 g/mol. The fourth-order valence-electron chi connectivity index (χ4n) is 1.33. The molecule has 6 heteroatoms. The molecular formula is C10H20N4O2. The zero-order valence-electron chi connectivity index (χ0n) is 10.4. The maximum absolute atomic E-state index is 11.5. The Morgan fingerprint density at radius 3 is 2.62 bits per heavy atom. The molecule has 0 rings (SSSR count). The summed E-state index contributed by atoms with van der Waals surface area (Å²) < 4.78 is 4.71. The van der Waals surface area contributed by atoms with Crippen LogP contribution in [-0.2, 0) is 9.53 Å². The van der Waals surface area contributed by atoms with Gasteiger partial charge in [-0.2, -0.15) is 0 Å². The average Bonchev–Trinajstić information content (AvgIpc) is 2.19.